The van der Waals surface area contributed by atoms with E-state index in [2.05, 4.69) is 10.2 Å². The van der Waals surface area contributed by atoms with Crippen LogP contribution in [-0.2, 0) is 17.8 Å². The van der Waals surface area contributed by atoms with Gasteiger partial charge < -0.3 is 13.7 Å². The second kappa shape index (κ2) is 7.12. The summed E-state index contributed by atoms with van der Waals surface area (Å²) in [5, 5.41) is 8.01. The fourth-order valence-corrected chi connectivity index (χ4v) is 2.42. The molecule has 0 fully saturated rings. The van der Waals surface area contributed by atoms with E-state index in [0.29, 0.717) is 31.2 Å². The molecule has 0 spiro atoms. The lowest BCUT2D eigenvalue weighted by atomic mass is 10.2. The first kappa shape index (κ1) is 16.0. The number of carbonyl (C=O) groups is 1. The second-order valence-corrected chi connectivity index (χ2v) is 5.63. The maximum absolute atomic E-state index is 12.2. The van der Waals surface area contributed by atoms with E-state index in [0.717, 1.165) is 16.9 Å². The van der Waals surface area contributed by atoms with Crippen molar-refractivity contribution < 1.29 is 13.6 Å². The first-order valence-corrected chi connectivity index (χ1v) is 7.78. The Morgan fingerprint density at radius 3 is 2.67 bits per heavy atom. The molecule has 6 heteroatoms. The third-order valence-electron chi connectivity index (χ3n) is 3.80. The average molecular weight is 325 g/mol. The Labute approximate surface area is 140 Å². The predicted molar refractivity (Wildman–Crippen MR) is 88.0 cm³/mol. The molecule has 2 aromatic heterocycles. The molecule has 3 rings (SSSR count). The van der Waals surface area contributed by atoms with Gasteiger partial charge in [0.15, 0.2) is 0 Å². The predicted octanol–water partition coefficient (Wildman–Crippen LogP) is 3.23. The van der Waals surface area contributed by atoms with E-state index < -0.39 is 0 Å². The molecule has 0 atom stereocenters. The first-order chi connectivity index (χ1) is 11.6. The molecule has 0 saturated heterocycles. The lowest BCUT2D eigenvalue weighted by Crippen LogP contribution is -2.26. The normalized spacial score (nSPS) is 10.8. The molecule has 0 bridgehead atoms. The van der Waals surface area contributed by atoms with E-state index in [1.165, 1.54) is 0 Å². The van der Waals surface area contributed by atoms with Gasteiger partial charge in [0.05, 0.1) is 11.8 Å². The minimum absolute atomic E-state index is 0.0399. The minimum atomic E-state index is 0.0399. The molecule has 0 aliphatic carbocycles. The summed E-state index contributed by atoms with van der Waals surface area (Å²) in [6.45, 7) is 2.42. The summed E-state index contributed by atoms with van der Waals surface area (Å²) in [5.41, 5.74) is 1.88. The number of benzene rings is 1. The molecule has 6 nitrogen and oxygen atoms in total. The van der Waals surface area contributed by atoms with Crippen LogP contribution < -0.4 is 0 Å². The highest BCUT2D eigenvalue weighted by Crippen LogP contribution is 2.23. The lowest BCUT2D eigenvalue weighted by Gasteiger charge is -2.16. The minimum Gasteiger partial charge on any atom is -0.469 e. The van der Waals surface area contributed by atoms with Crippen molar-refractivity contribution in [3.8, 4) is 11.5 Å². The SMILES string of the molecule is Cc1occc1-c1nnc(CCC(=O)N(C)Cc2ccccc2)o1. The molecule has 0 aliphatic heterocycles. The third-order valence-corrected chi connectivity index (χ3v) is 3.80. The molecule has 0 N–H and O–H groups in total. The second-order valence-electron chi connectivity index (χ2n) is 5.63. The number of aryl methyl sites for hydroxylation is 2. The summed E-state index contributed by atoms with van der Waals surface area (Å²) >= 11 is 0. The van der Waals surface area contributed by atoms with Gasteiger partial charge in [0.1, 0.15) is 5.76 Å². The van der Waals surface area contributed by atoms with Crippen molar-refractivity contribution >= 4 is 5.91 Å². The highest BCUT2D eigenvalue weighted by Gasteiger charge is 2.15. The summed E-state index contributed by atoms with van der Waals surface area (Å²) < 4.78 is 10.8. The van der Waals surface area contributed by atoms with Crippen molar-refractivity contribution in [3.63, 3.8) is 0 Å². The number of furan rings is 1. The van der Waals surface area contributed by atoms with Gasteiger partial charge >= 0.3 is 0 Å². The van der Waals surface area contributed by atoms with Gasteiger partial charge in [0.25, 0.3) is 5.89 Å². The Morgan fingerprint density at radius 2 is 1.96 bits per heavy atom. The summed E-state index contributed by atoms with van der Waals surface area (Å²) in [6, 6.07) is 11.7. The first-order valence-electron chi connectivity index (χ1n) is 7.78. The van der Waals surface area contributed by atoms with Gasteiger partial charge in [0, 0.05) is 26.4 Å². The largest absolute Gasteiger partial charge is 0.469 e. The van der Waals surface area contributed by atoms with Crippen LogP contribution >= 0.6 is 0 Å². The molecular formula is C18H19N3O3. The molecule has 24 heavy (non-hydrogen) atoms. The summed E-state index contributed by atoms with van der Waals surface area (Å²) in [4.78, 5) is 13.9. The molecule has 0 saturated carbocycles. The molecule has 0 aliphatic rings. The monoisotopic (exact) mass is 325 g/mol. The van der Waals surface area contributed by atoms with E-state index in [4.69, 9.17) is 8.83 Å². The van der Waals surface area contributed by atoms with Crippen LogP contribution in [0.25, 0.3) is 11.5 Å². The van der Waals surface area contributed by atoms with Gasteiger partial charge in [-0.05, 0) is 18.6 Å². The number of nitrogens with zero attached hydrogens (tertiary/aromatic N) is 3. The molecule has 3 aromatic rings. The van der Waals surface area contributed by atoms with Crippen LogP contribution in [0.1, 0.15) is 23.6 Å². The van der Waals surface area contributed by atoms with Gasteiger partial charge in [-0.15, -0.1) is 10.2 Å². The summed E-state index contributed by atoms with van der Waals surface area (Å²) in [7, 11) is 1.80. The molecule has 0 unspecified atom stereocenters. The van der Waals surface area contributed by atoms with E-state index in [9.17, 15) is 4.79 Å². The van der Waals surface area contributed by atoms with E-state index in [1.54, 1.807) is 24.3 Å². The Bertz CT molecular complexity index is 808. The van der Waals surface area contributed by atoms with E-state index in [1.807, 2.05) is 37.3 Å². The number of amides is 1. The maximum Gasteiger partial charge on any atom is 0.251 e. The van der Waals surface area contributed by atoms with Crippen LogP contribution in [0.4, 0.5) is 0 Å². The van der Waals surface area contributed by atoms with Crippen molar-refractivity contribution in [2.45, 2.75) is 26.3 Å². The highest BCUT2D eigenvalue weighted by molar-refractivity contribution is 5.76. The molecule has 0 radical (unpaired) electrons. The van der Waals surface area contributed by atoms with Crippen molar-refractivity contribution in [1.82, 2.24) is 15.1 Å². The van der Waals surface area contributed by atoms with Crippen LogP contribution in [0.2, 0.25) is 0 Å². The number of carbonyl (C=O) groups excluding carboxylic acids is 1. The molecule has 1 amide bonds. The van der Waals surface area contributed by atoms with Gasteiger partial charge in [-0.2, -0.15) is 0 Å². The van der Waals surface area contributed by atoms with E-state index >= 15 is 0 Å². The van der Waals surface area contributed by atoms with Crippen LogP contribution in [-0.4, -0.2) is 28.1 Å². The van der Waals surface area contributed by atoms with Gasteiger partial charge in [-0.1, -0.05) is 30.3 Å². The third kappa shape index (κ3) is 3.71. The van der Waals surface area contributed by atoms with Crippen molar-refractivity contribution in [3.05, 3.63) is 59.9 Å². The Hall–Kier alpha value is -2.89. The van der Waals surface area contributed by atoms with Crippen molar-refractivity contribution in [2.75, 3.05) is 7.05 Å². The van der Waals surface area contributed by atoms with Crippen LogP contribution in [0.15, 0.2) is 51.5 Å². The zero-order chi connectivity index (χ0) is 16.9. The topological polar surface area (TPSA) is 72.4 Å². The Kier molecular flexibility index (Phi) is 4.74. The smallest absolute Gasteiger partial charge is 0.251 e. The average Bonchev–Trinajstić information content (AvgIpc) is 3.22. The van der Waals surface area contributed by atoms with Gasteiger partial charge in [0.2, 0.25) is 11.8 Å². The molecule has 1 aromatic carbocycles. The summed E-state index contributed by atoms with van der Waals surface area (Å²) in [5.74, 6) is 1.63. The summed E-state index contributed by atoms with van der Waals surface area (Å²) in [6.07, 6.45) is 2.33. The number of rotatable bonds is 6. The van der Waals surface area contributed by atoms with E-state index in [-0.39, 0.29) is 5.91 Å². The molecule has 2 heterocycles. The highest BCUT2D eigenvalue weighted by atomic mass is 16.4. The lowest BCUT2D eigenvalue weighted by molar-refractivity contribution is -0.130. The van der Waals surface area contributed by atoms with Gasteiger partial charge in [-0.3, -0.25) is 4.79 Å². The Balaban J connectivity index is 1.55. The zero-order valence-corrected chi connectivity index (χ0v) is 13.7. The van der Waals surface area contributed by atoms with Crippen molar-refractivity contribution in [1.29, 1.82) is 0 Å². The quantitative estimate of drug-likeness (QED) is 0.696. The standard InChI is InChI=1S/C18H19N3O3/c1-13-15(10-11-23-13)18-20-19-16(24-18)8-9-17(22)21(2)12-14-6-4-3-5-7-14/h3-7,10-11H,8-9,12H2,1-2H3. The number of hydrogen-bond donors (Lipinski definition) is 0. The fraction of sp³-hybridized carbons (Fsp3) is 0.278. The number of hydrogen-bond acceptors (Lipinski definition) is 5. The number of aromatic nitrogens is 2. The van der Waals surface area contributed by atoms with Crippen LogP contribution in [0.3, 0.4) is 0 Å². The Morgan fingerprint density at radius 1 is 1.17 bits per heavy atom. The molecular weight excluding hydrogens is 306 g/mol. The zero-order valence-electron chi connectivity index (χ0n) is 13.7. The fourth-order valence-electron chi connectivity index (χ4n) is 2.42. The van der Waals surface area contributed by atoms with Crippen LogP contribution in [0.5, 0.6) is 0 Å². The molecule has 124 valence electrons. The van der Waals surface area contributed by atoms with Crippen LogP contribution in [0, 0.1) is 6.92 Å². The van der Waals surface area contributed by atoms with Gasteiger partial charge in [-0.25, -0.2) is 0 Å². The van der Waals surface area contributed by atoms with Crippen molar-refractivity contribution in [2.24, 2.45) is 0 Å². The maximum atomic E-state index is 12.2.